The summed E-state index contributed by atoms with van der Waals surface area (Å²) in [5, 5.41) is 0.658. The Labute approximate surface area is 119 Å². The average Bonchev–Trinajstić information content (AvgIpc) is 2.36. The standard InChI is InChI=1S/C17H17ClO/c1-12-9-13(2)11-14(10-12)3-8-17(19)15-4-6-16(18)7-5-15/h4-7,9-11H,3,8H2,1-2H3. The maximum atomic E-state index is 12.1. The van der Waals surface area contributed by atoms with Gasteiger partial charge in [0.15, 0.2) is 5.78 Å². The molecule has 2 rings (SSSR count). The van der Waals surface area contributed by atoms with E-state index in [-0.39, 0.29) is 5.78 Å². The fourth-order valence-electron chi connectivity index (χ4n) is 2.25. The van der Waals surface area contributed by atoms with Crippen LogP contribution in [0, 0.1) is 13.8 Å². The highest BCUT2D eigenvalue weighted by Crippen LogP contribution is 2.14. The Morgan fingerprint density at radius 1 is 1.00 bits per heavy atom. The monoisotopic (exact) mass is 272 g/mol. The fourth-order valence-corrected chi connectivity index (χ4v) is 2.38. The third-order valence-electron chi connectivity index (χ3n) is 3.09. The van der Waals surface area contributed by atoms with Gasteiger partial charge in [0.05, 0.1) is 0 Å². The Bertz CT molecular complexity index is 564. The van der Waals surface area contributed by atoms with Gasteiger partial charge in [-0.15, -0.1) is 0 Å². The van der Waals surface area contributed by atoms with Crippen LogP contribution in [0.15, 0.2) is 42.5 Å². The van der Waals surface area contributed by atoms with Crippen molar-refractivity contribution in [3.63, 3.8) is 0 Å². The van der Waals surface area contributed by atoms with E-state index in [1.54, 1.807) is 24.3 Å². The molecule has 0 amide bonds. The number of aryl methyl sites for hydroxylation is 3. The van der Waals surface area contributed by atoms with E-state index in [1.807, 2.05) is 0 Å². The number of carbonyl (C=O) groups is 1. The van der Waals surface area contributed by atoms with Crippen molar-refractivity contribution in [3.05, 3.63) is 69.7 Å². The van der Waals surface area contributed by atoms with Crippen molar-refractivity contribution >= 4 is 17.4 Å². The summed E-state index contributed by atoms with van der Waals surface area (Å²) in [5.74, 6) is 0.163. The van der Waals surface area contributed by atoms with E-state index in [1.165, 1.54) is 16.7 Å². The van der Waals surface area contributed by atoms with Gasteiger partial charge in [0, 0.05) is 17.0 Å². The molecule has 2 aromatic carbocycles. The zero-order valence-electron chi connectivity index (χ0n) is 11.2. The predicted molar refractivity (Wildman–Crippen MR) is 80.0 cm³/mol. The van der Waals surface area contributed by atoms with Crippen molar-refractivity contribution in [3.8, 4) is 0 Å². The number of hydrogen-bond donors (Lipinski definition) is 0. The smallest absolute Gasteiger partial charge is 0.163 e. The molecule has 0 unspecified atom stereocenters. The summed E-state index contributed by atoms with van der Waals surface area (Å²) in [6, 6.07) is 13.5. The van der Waals surface area contributed by atoms with Gasteiger partial charge in [0.25, 0.3) is 0 Å². The van der Waals surface area contributed by atoms with Gasteiger partial charge in [-0.2, -0.15) is 0 Å². The molecule has 2 heteroatoms. The van der Waals surface area contributed by atoms with Gasteiger partial charge in [-0.1, -0.05) is 40.9 Å². The average molecular weight is 273 g/mol. The van der Waals surface area contributed by atoms with Crippen molar-refractivity contribution in [2.75, 3.05) is 0 Å². The second-order valence-electron chi connectivity index (χ2n) is 4.93. The Hall–Kier alpha value is -1.60. The molecule has 0 fully saturated rings. The molecule has 2 aromatic rings. The molecule has 0 aliphatic carbocycles. The first-order valence-electron chi connectivity index (χ1n) is 6.40. The van der Waals surface area contributed by atoms with Crippen LogP contribution in [0.4, 0.5) is 0 Å². The molecule has 0 radical (unpaired) electrons. The summed E-state index contributed by atoms with van der Waals surface area (Å²) in [4.78, 5) is 12.1. The van der Waals surface area contributed by atoms with Crippen LogP contribution in [0.3, 0.4) is 0 Å². The van der Waals surface area contributed by atoms with E-state index < -0.39 is 0 Å². The molecule has 0 atom stereocenters. The predicted octanol–water partition coefficient (Wildman–Crippen LogP) is 4.77. The Morgan fingerprint density at radius 2 is 1.58 bits per heavy atom. The van der Waals surface area contributed by atoms with Crippen molar-refractivity contribution < 1.29 is 4.79 Å². The second-order valence-corrected chi connectivity index (χ2v) is 5.36. The van der Waals surface area contributed by atoms with Crippen LogP contribution in [0.2, 0.25) is 5.02 Å². The molecule has 19 heavy (non-hydrogen) atoms. The molecular weight excluding hydrogens is 256 g/mol. The van der Waals surface area contributed by atoms with Crippen LogP contribution >= 0.6 is 11.6 Å². The molecule has 98 valence electrons. The number of Topliss-reactive ketones (excluding diaryl/α,β-unsaturated/α-hetero) is 1. The van der Waals surface area contributed by atoms with Crippen molar-refractivity contribution in [1.82, 2.24) is 0 Å². The Morgan fingerprint density at radius 3 is 2.16 bits per heavy atom. The van der Waals surface area contributed by atoms with Crippen LogP contribution in [0.1, 0.15) is 33.5 Å². The molecule has 0 aromatic heterocycles. The number of benzene rings is 2. The molecule has 0 N–H and O–H groups in total. The molecule has 0 saturated carbocycles. The molecule has 0 saturated heterocycles. The van der Waals surface area contributed by atoms with E-state index in [4.69, 9.17) is 11.6 Å². The summed E-state index contributed by atoms with van der Waals surface area (Å²) >= 11 is 5.81. The van der Waals surface area contributed by atoms with Gasteiger partial charge >= 0.3 is 0 Å². The number of halogens is 1. The molecule has 1 nitrogen and oxygen atoms in total. The van der Waals surface area contributed by atoms with Crippen LogP contribution < -0.4 is 0 Å². The zero-order chi connectivity index (χ0) is 13.8. The molecule has 0 aliphatic heterocycles. The van der Waals surface area contributed by atoms with Gasteiger partial charge in [-0.05, 0) is 50.1 Å². The highest BCUT2D eigenvalue weighted by Gasteiger charge is 2.06. The van der Waals surface area contributed by atoms with Crippen LogP contribution in [0.5, 0.6) is 0 Å². The minimum absolute atomic E-state index is 0.163. The van der Waals surface area contributed by atoms with E-state index in [9.17, 15) is 4.79 Å². The third-order valence-corrected chi connectivity index (χ3v) is 3.34. The van der Waals surface area contributed by atoms with E-state index >= 15 is 0 Å². The first-order chi connectivity index (χ1) is 9.04. The van der Waals surface area contributed by atoms with Gasteiger partial charge in [0.2, 0.25) is 0 Å². The largest absolute Gasteiger partial charge is 0.294 e. The minimum atomic E-state index is 0.163. The summed E-state index contributed by atoms with van der Waals surface area (Å²) in [7, 11) is 0. The van der Waals surface area contributed by atoms with Crippen LogP contribution in [0.25, 0.3) is 0 Å². The van der Waals surface area contributed by atoms with E-state index in [2.05, 4.69) is 32.0 Å². The van der Waals surface area contributed by atoms with Gasteiger partial charge in [-0.25, -0.2) is 0 Å². The van der Waals surface area contributed by atoms with Crippen molar-refractivity contribution in [1.29, 1.82) is 0 Å². The van der Waals surface area contributed by atoms with Gasteiger partial charge < -0.3 is 0 Å². The Balaban J connectivity index is 2.02. The molecular formula is C17H17ClO. The van der Waals surface area contributed by atoms with Gasteiger partial charge in [0.1, 0.15) is 0 Å². The maximum Gasteiger partial charge on any atom is 0.163 e. The lowest BCUT2D eigenvalue weighted by molar-refractivity contribution is 0.0983. The summed E-state index contributed by atoms with van der Waals surface area (Å²) in [6.45, 7) is 4.16. The normalized spacial score (nSPS) is 10.5. The number of carbonyl (C=O) groups excluding carboxylic acids is 1. The van der Waals surface area contributed by atoms with Crippen molar-refractivity contribution in [2.45, 2.75) is 26.7 Å². The molecule has 0 heterocycles. The second kappa shape index (κ2) is 6.03. The van der Waals surface area contributed by atoms with Gasteiger partial charge in [-0.3, -0.25) is 4.79 Å². The van der Waals surface area contributed by atoms with Crippen LogP contribution in [-0.4, -0.2) is 5.78 Å². The number of hydrogen-bond acceptors (Lipinski definition) is 1. The first-order valence-corrected chi connectivity index (χ1v) is 6.78. The highest BCUT2D eigenvalue weighted by molar-refractivity contribution is 6.30. The summed E-state index contributed by atoms with van der Waals surface area (Å²) in [6.07, 6.45) is 1.31. The zero-order valence-corrected chi connectivity index (χ0v) is 12.0. The van der Waals surface area contributed by atoms with Crippen molar-refractivity contribution in [2.24, 2.45) is 0 Å². The Kier molecular flexibility index (Phi) is 4.39. The third kappa shape index (κ3) is 3.93. The first kappa shape index (κ1) is 13.8. The highest BCUT2D eigenvalue weighted by atomic mass is 35.5. The molecule has 0 bridgehead atoms. The SMILES string of the molecule is Cc1cc(C)cc(CCC(=O)c2ccc(Cl)cc2)c1. The summed E-state index contributed by atoms with van der Waals surface area (Å²) in [5.41, 5.74) is 4.44. The minimum Gasteiger partial charge on any atom is -0.294 e. The lowest BCUT2D eigenvalue weighted by atomic mass is 10.00. The van der Waals surface area contributed by atoms with E-state index in [0.717, 1.165) is 12.0 Å². The molecule has 0 aliphatic rings. The number of rotatable bonds is 4. The lowest BCUT2D eigenvalue weighted by Crippen LogP contribution is -2.01. The topological polar surface area (TPSA) is 17.1 Å². The maximum absolute atomic E-state index is 12.1. The summed E-state index contributed by atoms with van der Waals surface area (Å²) < 4.78 is 0. The fraction of sp³-hybridized carbons (Fsp3) is 0.235. The van der Waals surface area contributed by atoms with E-state index in [0.29, 0.717) is 11.4 Å². The molecule has 0 spiro atoms. The lowest BCUT2D eigenvalue weighted by Gasteiger charge is -2.05. The quantitative estimate of drug-likeness (QED) is 0.733. The van der Waals surface area contributed by atoms with Crippen LogP contribution in [-0.2, 0) is 6.42 Å². The number of ketones is 1.